The number of aromatic nitrogens is 1. The molecule has 5 heteroatoms. The van der Waals surface area contributed by atoms with Gasteiger partial charge in [-0.25, -0.2) is 0 Å². The molecule has 4 rings (SSSR count). The third-order valence-electron chi connectivity index (χ3n) is 5.98. The molecule has 2 aromatic rings. The number of amides is 1. The first-order chi connectivity index (χ1) is 12.5. The van der Waals surface area contributed by atoms with Crippen LogP contribution < -0.4 is 0 Å². The molecule has 0 saturated carbocycles. The highest BCUT2D eigenvalue weighted by Gasteiger charge is 2.44. The lowest BCUT2D eigenvalue weighted by molar-refractivity contribution is -0.174. The summed E-state index contributed by atoms with van der Waals surface area (Å²) in [7, 11) is 0. The Hall–Kier alpha value is -1.98. The van der Waals surface area contributed by atoms with Crippen LogP contribution >= 0.6 is 0 Å². The third kappa shape index (κ3) is 2.89. The Labute approximate surface area is 154 Å². The molecule has 5 nitrogen and oxygen atoms in total. The number of carbonyl (C=O) groups excluding carboxylic acids is 1. The van der Waals surface area contributed by atoms with Gasteiger partial charge in [-0.15, -0.1) is 0 Å². The molecule has 0 radical (unpaired) electrons. The highest BCUT2D eigenvalue weighted by atomic mass is 16.5. The second kappa shape index (κ2) is 6.63. The summed E-state index contributed by atoms with van der Waals surface area (Å²) < 4.78 is 5.95. The van der Waals surface area contributed by atoms with Crippen molar-refractivity contribution in [3.63, 3.8) is 0 Å². The largest absolute Gasteiger partial charge is 0.390 e. The van der Waals surface area contributed by atoms with E-state index in [9.17, 15) is 9.90 Å². The summed E-state index contributed by atoms with van der Waals surface area (Å²) in [4.78, 5) is 19.6. The number of rotatable bonds is 1. The van der Waals surface area contributed by atoms with Crippen molar-refractivity contribution in [2.24, 2.45) is 0 Å². The normalized spacial score (nSPS) is 22.7. The van der Waals surface area contributed by atoms with Crippen LogP contribution in [0.2, 0.25) is 0 Å². The maximum absolute atomic E-state index is 13.1. The standard InChI is InChI=1S/C21H26N2O3/c1-14-5-3-6-16-13-17(15(2)22-19(14)16)20(25)23-10-8-21(9-11-23)18(24)7-4-12-26-21/h3,5-6,13,18,24H,4,7-12H2,1-2H3/t18-/m0/s1. The first-order valence-corrected chi connectivity index (χ1v) is 9.48. The van der Waals surface area contributed by atoms with Crippen molar-refractivity contribution >= 4 is 16.8 Å². The molecular weight excluding hydrogens is 328 g/mol. The summed E-state index contributed by atoms with van der Waals surface area (Å²) in [5.74, 6) is 0.0264. The summed E-state index contributed by atoms with van der Waals surface area (Å²) >= 11 is 0. The van der Waals surface area contributed by atoms with E-state index in [1.54, 1.807) is 0 Å². The zero-order chi connectivity index (χ0) is 18.3. The fourth-order valence-corrected chi connectivity index (χ4v) is 4.30. The maximum Gasteiger partial charge on any atom is 0.255 e. The van der Waals surface area contributed by atoms with E-state index in [0.717, 1.165) is 35.0 Å². The molecule has 0 unspecified atom stereocenters. The van der Waals surface area contributed by atoms with E-state index in [4.69, 9.17) is 4.74 Å². The van der Waals surface area contributed by atoms with Crippen LogP contribution in [0.3, 0.4) is 0 Å². The van der Waals surface area contributed by atoms with Gasteiger partial charge >= 0.3 is 0 Å². The van der Waals surface area contributed by atoms with Crippen LogP contribution in [0.1, 0.15) is 47.3 Å². The summed E-state index contributed by atoms with van der Waals surface area (Å²) in [5.41, 5.74) is 3.06. The molecule has 2 fully saturated rings. The van der Waals surface area contributed by atoms with Gasteiger partial charge in [0.25, 0.3) is 5.91 Å². The molecule has 2 aliphatic rings. The number of hydrogen-bond acceptors (Lipinski definition) is 4. The predicted octanol–water partition coefficient (Wildman–Crippen LogP) is 3.00. The van der Waals surface area contributed by atoms with Crippen LogP contribution in [0.25, 0.3) is 10.9 Å². The summed E-state index contributed by atoms with van der Waals surface area (Å²) in [6.45, 7) is 5.87. The van der Waals surface area contributed by atoms with E-state index in [-0.39, 0.29) is 5.91 Å². The molecule has 1 aromatic carbocycles. The van der Waals surface area contributed by atoms with E-state index in [1.165, 1.54) is 0 Å². The molecule has 1 N–H and O–H groups in total. The van der Waals surface area contributed by atoms with Gasteiger partial charge < -0.3 is 14.7 Å². The first-order valence-electron chi connectivity index (χ1n) is 9.48. The summed E-state index contributed by atoms with van der Waals surface area (Å²) in [6.07, 6.45) is 2.67. The van der Waals surface area contributed by atoms with Crippen molar-refractivity contribution in [1.82, 2.24) is 9.88 Å². The van der Waals surface area contributed by atoms with E-state index in [0.29, 0.717) is 38.1 Å². The Kier molecular flexibility index (Phi) is 4.45. The van der Waals surface area contributed by atoms with Gasteiger partial charge in [-0.2, -0.15) is 0 Å². The van der Waals surface area contributed by atoms with Gasteiger partial charge in [0.05, 0.1) is 28.5 Å². The summed E-state index contributed by atoms with van der Waals surface area (Å²) in [6, 6.07) is 8.00. The number of aryl methyl sites for hydroxylation is 2. The average Bonchev–Trinajstić information content (AvgIpc) is 2.65. The Balaban J connectivity index is 1.55. The van der Waals surface area contributed by atoms with E-state index < -0.39 is 11.7 Å². The van der Waals surface area contributed by atoms with Gasteiger partial charge in [0, 0.05) is 25.1 Å². The van der Waals surface area contributed by atoms with Crippen molar-refractivity contribution in [2.45, 2.75) is 51.2 Å². The fraction of sp³-hybridized carbons (Fsp3) is 0.524. The Morgan fingerprint density at radius 3 is 2.81 bits per heavy atom. The number of para-hydroxylation sites is 1. The number of ether oxygens (including phenoxy) is 1. The highest BCUT2D eigenvalue weighted by molar-refractivity contribution is 5.99. The van der Waals surface area contributed by atoms with Crippen molar-refractivity contribution in [3.05, 3.63) is 41.1 Å². The Morgan fingerprint density at radius 2 is 2.08 bits per heavy atom. The van der Waals surface area contributed by atoms with E-state index in [2.05, 4.69) is 4.98 Å². The number of fused-ring (bicyclic) bond motifs is 1. The first kappa shape index (κ1) is 17.4. The Bertz CT molecular complexity index is 841. The molecule has 1 aromatic heterocycles. The monoisotopic (exact) mass is 354 g/mol. The second-order valence-corrected chi connectivity index (χ2v) is 7.63. The zero-order valence-electron chi connectivity index (χ0n) is 15.5. The number of aliphatic hydroxyl groups is 1. The topological polar surface area (TPSA) is 62.7 Å². The molecule has 26 heavy (non-hydrogen) atoms. The van der Waals surface area contributed by atoms with Crippen molar-refractivity contribution in [3.8, 4) is 0 Å². The number of nitrogens with zero attached hydrogens (tertiary/aromatic N) is 2. The number of aliphatic hydroxyl groups excluding tert-OH is 1. The lowest BCUT2D eigenvalue weighted by atomic mass is 9.82. The minimum absolute atomic E-state index is 0.0264. The number of carbonyl (C=O) groups is 1. The van der Waals surface area contributed by atoms with Crippen LogP contribution in [0.4, 0.5) is 0 Å². The molecule has 0 bridgehead atoms. The highest BCUT2D eigenvalue weighted by Crippen LogP contribution is 2.35. The quantitative estimate of drug-likeness (QED) is 0.855. The molecule has 2 saturated heterocycles. The second-order valence-electron chi connectivity index (χ2n) is 7.63. The molecule has 0 aliphatic carbocycles. The summed E-state index contributed by atoms with van der Waals surface area (Å²) in [5, 5.41) is 11.4. The predicted molar refractivity (Wildman–Crippen MR) is 100 cm³/mol. The third-order valence-corrected chi connectivity index (χ3v) is 5.98. The number of benzene rings is 1. The van der Waals surface area contributed by atoms with Crippen molar-refractivity contribution < 1.29 is 14.6 Å². The van der Waals surface area contributed by atoms with Crippen molar-refractivity contribution in [2.75, 3.05) is 19.7 Å². The molecule has 1 amide bonds. The molecule has 2 aliphatic heterocycles. The van der Waals surface area contributed by atoms with Crippen LogP contribution in [-0.4, -0.2) is 52.3 Å². The van der Waals surface area contributed by atoms with Crippen LogP contribution in [-0.2, 0) is 4.74 Å². The van der Waals surface area contributed by atoms with Gasteiger partial charge in [-0.1, -0.05) is 18.2 Å². The van der Waals surface area contributed by atoms with Crippen LogP contribution in [0.5, 0.6) is 0 Å². The number of pyridine rings is 1. The minimum atomic E-state index is -0.456. The van der Waals surface area contributed by atoms with Crippen molar-refractivity contribution in [1.29, 1.82) is 0 Å². The molecule has 3 heterocycles. The fourth-order valence-electron chi connectivity index (χ4n) is 4.30. The minimum Gasteiger partial charge on any atom is -0.390 e. The average molecular weight is 354 g/mol. The van der Waals surface area contributed by atoms with Gasteiger partial charge in [-0.3, -0.25) is 9.78 Å². The number of hydrogen-bond donors (Lipinski definition) is 1. The molecule has 138 valence electrons. The number of likely N-dealkylation sites (tertiary alicyclic amines) is 1. The van der Waals surface area contributed by atoms with Gasteiger partial charge in [0.2, 0.25) is 0 Å². The lowest BCUT2D eigenvalue weighted by Crippen LogP contribution is -2.56. The van der Waals surface area contributed by atoms with Gasteiger partial charge in [-0.05, 0) is 51.2 Å². The maximum atomic E-state index is 13.1. The lowest BCUT2D eigenvalue weighted by Gasteiger charge is -2.46. The van der Waals surface area contributed by atoms with E-state index >= 15 is 0 Å². The van der Waals surface area contributed by atoms with Gasteiger partial charge in [0.1, 0.15) is 0 Å². The SMILES string of the molecule is Cc1nc2c(C)cccc2cc1C(=O)N1CCC2(CC1)OCCC[C@@H]2O. The zero-order valence-corrected chi connectivity index (χ0v) is 15.5. The molecular formula is C21H26N2O3. The Morgan fingerprint density at radius 1 is 1.31 bits per heavy atom. The van der Waals surface area contributed by atoms with Crippen LogP contribution in [0, 0.1) is 13.8 Å². The van der Waals surface area contributed by atoms with E-state index in [1.807, 2.05) is 43.0 Å². The number of piperidine rings is 1. The smallest absolute Gasteiger partial charge is 0.255 e. The van der Waals surface area contributed by atoms with Gasteiger partial charge in [0.15, 0.2) is 0 Å². The molecule has 1 atom stereocenters. The van der Waals surface area contributed by atoms with Crippen LogP contribution in [0.15, 0.2) is 24.3 Å². The molecule has 1 spiro atoms.